The Morgan fingerprint density at radius 1 is 1.35 bits per heavy atom. The molecule has 1 atom stereocenters. The predicted molar refractivity (Wildman–Crippen MR) is 84.9 cm³/mol. The Morgan fingerprint density at radius 3 is 2.85 bits per heavy atom. The van der Waals surface area contributed by atoms with E-state index in [4.69, 9.17) is 23.2 Å². The third-order valence-electron chi connectivity index (χ3n) is 2.75. The highest BCUT2D eigenvalue weighted by Gasteiger charge is 2.12. The maximum atomic E-state index is 12.0. The molecule has 0 aliphatic rings. The van der Waals surface area contributed by atoms with Gasteiger partial charge in [-0.15, -0.1) is 0 Å². The second kappa shape index (κ2) is 7.09. The van der Waals surface area contributed by atoms with E-state index in [-0.39, 0.29) is 5.91 Å². The highest BCUT2D eigenvalue weighted by molar-refractivity contribution is 7.07. The lowest BCUT2D eigenvalue weighted by Gasteiger charge is -2.13. The third kappa shape index (κ3) is 4.49. The Balaban J connectivity index is 1.90. The van der Waals surface area contributed by atoms with Gasteiger partial charge in [0.05, 0.1) is 17.8 Å². The first-order chi connectivity index (χ1) is 9.54. The number of thiophene rings is 1. The van der Waals surface area contributed by atoms with Crippen LogP contribution in [0.1, 0.15) is 5.56 Å². The minimum atomic E-state index is -0.0816. The number of quaternary nitrogens is 1. The zero-order valence-electron chi connectivity index (χ0n) is 11.0. The van der Waals surface area contributed by atoms with Crippen molar-refractivity contribution in [2.24, 2.45) is 0 Å². The second-order valence-corrected chi connectivity index (χ2v) is 6.24. The maximum absolute atomic E-state index is 12.0. The zero-order valence-corrected chi connectivity index (χ0v) is 13.3. The van der Waals surface area contributed by atoms with Crippen LogP contribution in [0.5, 0.6) is 0 Å². The molecule has 1 amide bonds. The molecule has 0 aliphatic carbocycles. The summed E-state index contributed by atoms with van der Waals surface area (Å²) >= 11 is 13.6. The van der Waals surface area contributed by atoms with Crippen LogP contribution < -0.4 is 10.2 Å². The molecule has 3 nitrogen and oxygen atoms in total. The van der Waals surface area contributed by atoms with Crippen molar-refractivity contribution in [2.45, 2.75) is 6.54 Å². The van der Waals surface area contributed by atoms with E-state index in [1.807, 2.05) is 12.4 Å². The van der Waals surface area contributed by atoms with Gasteiger partial charge in [0.2, 0.25) is 0 Å². The van der Waals surface area contributed by atoms with Crippen molar-refractivity contribution in [3.63, 3.8) is 0 Å². The molecular formula is C14H15Cl2N2OS+. The van der Waals surface area contributed by atoms with Crippen LogP contribution in [0.25, 0.3) is 0 Å². The smallest absolute Gasteiger partial charge is 0.279 e. The van der Waals surface area contributed by atoms with Gasteiger partial charge in [0.25, 0.3) is 5.91 Å². The summed E-state index contributed by atoms with van der Waals surface area (Å²) in [6.07, 6.45) is 0. The molecule has 1 aromatic heterocycles. The highest BCUT2D eigenvalue weighted by Crippen LogP contribution is 2.25. The molecule has 1 heterocycles. The van der Waals surface area contributed by atoms with Gasteiger partial charge in [0.15, 0.2) is 6.54 Å². The molecule has 2 N–H and O–H groups in total. The summed E-state index contributed by atoms with van der Waals surface area (Å²) in [5.41, 5.74) is 1.79. The van der Waals surface area contributed by atoms with Gasteiger partial charge in [-0.2, -0.15) is 11.3 Å². The van der Waals surface area contributed by atoms with Crippen LogP contribution in [0.4, 0.5) is 5.69 Å². The van der Waals surface area contributed by atoms with Crippen LogP contribution in [0.3, 0.4) is 0 Å². The molecule has 0 bridgehead atoms. The van der Waals surface area contributed by atoms with Crippen LogP contribution in [-0.2, 0) is 11.3 Å². The van der Waals surface area contributed by atoms with E-state index in [1.165, 1.54) is 5.56 Å². The first-order valence-corrected chi connectivity index (χ1v) is 7.82. The van der Waals surface area contributed by atoms with Crippen molar-refractivity contribution in [3.05, 3.63) is 50.6 Å². The number of benzene rings is 1. The Morgan fingerprint density at radius 2 is 2.15 bits per heavy atom. The molecule has 0 spiro atoms. The lowest BCUT2D eigenvalue weighted by Crippen LogP contribution is -3.08. The van der Waals surface area contributed by atoms with Crippen LogP contribution in [0.15, 0.2) is 35.0 Å². The molecule has 0 fully saturated rings. The number of likely N-dealkylation sites (N-methyl/N-ethyl adjacent to an activating group) is 1. The van der Waals surface area contributed by atoms with Gasteiger partial charge < -0.3 is 10.2 Å². The number of rotatable bonds is 5. The standard InChI is InChI=1S/C14H14Cl2N2OS/c1-18(7-10-4-5-20-9-10)8-14(19)17-13-6-11(15)2-3-12(13)16/h2-6,9H,7-8H2,1H3,(H,17,19)/p+1. The molecule has 20 heavy (non-hydrogen) atoms. The fourth-order valence-electron chi connectivity index (χ4n) is 1.87. The third-order valence-corrected chi connectivity index (χ3v) is 4.05. The Hall–Kier alpha value is -1.07. The van der Waals surface area contributed by atoms with E-state index in [1.54, 1.807) is 29.5 Å². The molecule has 0 aliphatic heterocycles. The van der Waals surface area contributed by atoms with E-state index < -0.39 is 0 Å². The minimum Gasteiger partial charge on any atom is -0.326 e. The van der Waals surface area contributed by atoms with Gasteiger partial charge in [-0.1, -0.05) is 23.2 Å². The lowest BCUT2D eigenvalue weighted by molar-refractivity contribution is -0.885. The summed E-state index contributed by atoms with van der Waals surface area (Å²) in [5, 5.41) is 7.95. The summed E-state index contributed by atoms with van der Waals surface area (Å²) in [5.74, 6) is -0.0816. The summed E-state index contributed by atoms with van der Waals surface area (Å²) in [7, 11) is 1.98. The number of nitrogens with one attached hydrogen (secondary N) is 2. The van der Waals surface area contributed by atoms with Crippen LogP contribution in [0, 0.1) is 0 Å². The number of anilines is 1. The quantitative estimate of drug-likeness (QED) is 0.868. The Labute approximate surface area is 132 Å². The fraction of sp³-hybridized carbons (Fsp3) is 0.214. The summed E-state index contributed by atoms with van der Waals surface area (Å²) in [6, 6.07) is 7.07. The predicted octanol–water partition coefficient (Wildman–Crippen LogP) is 2.71. The number of carbonyl (C=O) groups excluding carboxylic acids is 1. The number of amides is 1. The molecule has 0 saturated carbocycles. The summed E-state index contributed by atoms with van der Waals surface area (Å²) < 4.78 is 0. The monoisotopic (exact) mass is 329 g/mol. The average molecular weight is 330 g/mol. The molecule has 6 heteroatoms. The second-order valence-electron chi connectivity index (χ2n) is 4.61. The SMILES string of the molecule is C[NH+](CC(=O)Nc1cc(Cl)ccc1Cl)Cc1ccsc1. The van der Waals surface area contributed by atoms with Crippen molar-refractivity contribution < 1.29 is 9.69 Å². The average Bonchev–Trinajstić information content (AvgIpc) is 2.86. The Kier molecular flexibility index (Phi) is 5.43. The first-order valence-electron chi connectivity index (χ1n) is 6.12. The largest absolute Gasteiger partial charge is 0.326 e. The van der Waals surface area contributed by atoms with Crippen molar-refractivity contribution in [1.29, 1.82) is 0 Å². The fourth-order valence-corrected chi connectivity index (χ4v) is 2.87. The minimum absolute atomic E-state index is 0.0816. The highest BCUT2D eigenvalue weighted by atomic mass is 35.5. The molecule has 1 unspecified atom stereocenters. The van der Waals surface area contributed by atoms with Gasteiger partial charge in [-0.05, 0) is 35.0 Å². The van der Waals surface area contributed by atoms with Gasteiger partial charge in [0, 0.05) is 10.6 Å². The van der Waals surface area contributed by atoms with Gasteiger partial charge in [-0.25, -0.2) is 0 Å². The van der Waals surface area contributed by atoms with Crippen molar-refractivity contribution >= 4 is 46.1 Å². The van der Waals surface area contributed by atoms with Crippen molar-refractivity contribution in [1.82, 2.24) is 0 Å². The van der Waals surface area contributed by atoms with Gasteiger partial charge in [-0.3, -0.25) is 4.79 Å². The van der Waals surface area contributed by atoms with E-state index in [0.29, 0.717) is 22.3 Å². The number of carbonyl (C=O) groups is 1. The number of hydrogen-bond acceptors (Lipinski definition) is 2. The topological polar surface area (TPSA) is 33.5 Å². The molecule has 0 radical (unpaired) electrons. The molecular weight excluding hydrogens is 315 g/mol. The summed E-state index contributed by atoms with van der Waals surface area (Å²) in [4.78, 5) is 13.1. The van der Waals surface area contributed by atoms with E-state index in [0.717, 1.165) is 11.4 Å². The van der Waals surface area contributed by atoms with Crippen LogP contribution >= 0.6 is 34.5 Å². The molecule has 0 saturated heterocycles. The first kappa shape index (κ1) is 15.3. The van der Waals surface area contributed by atoms with Crippen LogP contribution in [-0.4, -0.2) is 19.5 Å². The Bertz CT molecular complexity index is 587. The summed E-state index contributed by atoms with van der Waals surface area (Å²) in [6.45, 7) is 1.19. The normalized spacial score (nSPS) is 12.2. The van der Waals surface area contributed by atoms with Crippen molar-refractivity contribution in [3.8, 4) is 0 Å². The maximum Gasteiger partial charge on any atom is 0.279 e. The van der Waals surface area contributed by atoms with E-state index >= 15 is 0 Å². The molecule has 106 valence electrons. The van der Waals surface area contributed by atoms with Gasteiger partial charge in [0.1, 0.15) is 6.54 Å². The molecule has 2 rings (SSSR count). The zero-order chi connectivity index (χ0) is 14.5. The number of halogens is 2. The van der Waals surface area contributed by atoms with E-state index in [2.05, 4.69) is 16.8 Å². The van der Waals surface area contributed by atoms with Gasteiger partial charge >= 0.3 is 0 Å². The lowest BCUT2D eigenvalue weighted by atomic mass is 10.3. The molecule has 2 aromatic rings. The number of hydrogen-bond donors (Lipinski definition) is 2. The molecule has 1 aromatic carbocycles. The van der Waals surface area contributed by atoms with Crippen molar-refractivity contribution in [2.75, 3.05) is 18.9 Å². The van der Waals surface area contributed by atoms with E-state index in [9.17, 15) is 4.79 Å². The van der Waals surface area contributed by atoms with Crippen LogP contribution in [0.2, 0.25) is 10.0 Å².